The van der Waals surface area contributed by atoms with Crippen molar-refractivity contribution in [2.24, 2.45) is 0 Å². The number of allylic oxidation sites excluding steroid dienone is 3. The quantitative estimate of drug-likeness (QED) is 0.687. The Morgan fingerprint density at radius 2 is 2.05 bits per heavy atom. The molecule has 0 bridgehead atoms. The third-order valence-corrected chi connectivity index (χ3v) is 3.35. The Kier molecular flexibility index (Phi) is 6.26. The monoisotopic (exact) mass is 371 g/mol. The zero-order chi connectivity index (χ0) is 13.3. The molecule has 0 fully saturated rings. The molecule has 1 aliphatic heterocycles. The molecule has 0 saturated heterocycles. The third kappa shape index (κ3) is 3.49. The normalized spacial score (nSPS) is 14.7. The molecule has 0 amide bonds. The van der Waals surface area contributed by atoms with E-state index in [1.165, 1.54) is 12.1 Å². The number of hydrogen-bond donors (Lipinski definition) is 0. The Bertz CT molecular complexity index is 567. The molecule has 1 nitrogen and oxygen atoms in total. The number of rotatable bonds is 2. The summed E-state index contributed by atoms with van der Waals surface area (Å²) in [6.45, 7) is 6.57. The second-order valence-electron chi connectivity index (χ2n) is 3.80. The predicted molar refractivity (Wildman–Crippen MR) is 73.5 cm³/mol. The Morgan fingerprint density at radius 1 is 1.37 bits per heavy atom. The van der Waals surface area contributed by atoms with E-state index in [2.05, 4.69) is 12.7 Å². The van der Waals surface area contributed by atoms with E-state index in [0.717, 1.165) is 5.70 Å². The van der Waals surface area contributed by atoms with E-state index in [-0.39, 0.29) is 38.5 Å². The summed E-state index contributed by atoms with van der Waals surface area (Å²) in [4.78, 5) is 1.89. The van der Waals surface area contributed by atoms with E-state index >= 15 is 0 Å². The van der Waals surface area contributed by atoms with Gasteiger partial charge in [-0.2, -0.15) is 23.8 Å². The number of halogens is 3. The van der Waals surface area contributed by atoms with Crippen molar-refractivity contribution in [3.63, 3.8) is 0 Å². The van der Waals surface area contributed by atoms with Crippen molar-refractivity contribution in [2.45, 2.75) is 6.92 Å². The van der Waals surface area contributed by atoms with Crippen molar-refractivity contribution < 1.29 is 37.1 Å². The molecule has 0 atom stereocenters. The van der Waals surface area contributed by atoms with Gasteiger partial charge in [0, 0.05) is 39.3 Å². The molecule has 0 spiro atoms. The summed E-state index contributed by atoms with van der Waals surface area (Å²) in [6, 6.07) is 4.28. The van der Waals surface area contributed by atoms with E-state index in [1.807, 2.05) is 11.8 Å². The molecule has 0 aliphatic carbocycles. The van der Waals surface area contributed by atoms with Crippen molar-refractivity contribution in [3.05, 3.63) is 64.1 Å². The van der Waals surface area contributed by atoms with Gasteiger partial charge in [-0.05, 0) is 34.8 Å². The minimum Gasteiger partial charge on any atom is -0.374 e. The molecule has 2 rings (SSSR count). The summed E-state index contributed by atoms with van der Waals surface area (Å²) in [6.07, 6.45) is 4.70. The standard InChI is InChI=1S/C14H11Cl2FN.Y/c1-3-18-9(2)12(15)6-7-14(18)11-5-4-10(17)8-13(11)16;/h4-6,8H,2-3H2,1H3;/q-1;. The molecule has 0 unspecified atom stereocenters. The first-order chi connectivity index (χ1) is 8.54. The molecule has 1 aromatic carbocycles. The SMILES string of the molecule is C=C1C(Cl)=C[C-]=C(c2ccc(F)cc2Cl)N1CC.[Y]. The minimum absolute atomic E-state index is 0. The molecule has 5 heteroatoms. The Morgan fingerprint density at radius 3 is 2.63 bits per heavy atom. The first-order valence-electron chi connectivity index (χ1n) is 5.46. The first kappa shape index (κ1) is 16.9. The van der Waals surface area contributed by atoms with Crippen LogP contribution in [-0.4, -0.2) is 11.4 Å². The largest absolute Gasteiger partial charge is 0.374 e. The van der Waals surface area contributed by atoms with Crippen LogP contribution in [0.1, 0.15) is 12.5 Å². The average molecular weight is 372 g/mol. The van der Waals surface area contributed by atoms with Gasteiger partial charge in [0.05, 0.1) is 0 Å². The van der Waals surface area contributed by atoms with Crippen molar-refractivity contribution in [3.8, 4) is 0 Å². The van der Waals surface area contributed by atoms with Gasteiger partial charge in [-0.15, -0.1) is 6.07 Å². The van der Waals surface area contributed by atoms with Crippen LogP contribution in [-0.2, 0) is 32.7 Å². The van der Waals surface area contributed by atoms with Crippen LogP contribution < -0.4 is 0 Å². The van der Waals surface area contributed by atoms with Crippen LogP contribution in [0, 0.1) is 11.9 Å². The van der Waals surface area contributed by atoms with Gasteiger partial charge in [0.2, 0.25) is 0 Å². The van der Waals surface area contributed by atoms with Crippen molar-refractivity contribution in [1.82, 2.24) is 4.90 Å². The van der Waals surface area contributed by atoms with Crippen LogP contribution in [0.2, 0.25) is 5.02 Å². The van der Waals surface area contributed by atoms with Gasteiger partial charge in [0.25, 0.3) is 0 Å². The molecule has 1 radical (unpaired) electrons. The fourth-order valence-corrected chi connectivity index (χ4v) is 2.22. The van der Waals surface area contributed by atoms with Gasteiger partial charge in [-0.3, -0.25) is 0 Å². The molecule has 19 heavy (non-hydrogen) atoms. The van der Waals surface area contributed by atoms with Crippen LogP contribution in [0.15, 0.2) is 41.6 Å². The number of hydrogen-bond acceptors (Lipinski definition) is 1. The maximum Gasteiger partial charge on any atom is 0.122 e. The summed E-state index contributed by atoms with van der Waals surface area (Å²) in [5.74, 6) is -0.365. The van der Waals surface area contributed by atoms with Crippen molar-refractivity contribution in [1.29, 1.82) is 0 Å². The summed E-state index contributed by atoms with van der Waals surface area (Å²) in [7, 11) is 0. The van der Waals surface area contributed by atoms with Crippen LogP contribution in [0.25, 0.3) is 5.70 Å². The molecular weight excluding hydrogens is 361 g/mol. The second-order valence-corrected chi connectivity index (χ2v) is 4.61. The van der Waals surface area contributed by atoms with Crippen molar-refractivity contribution in [2.75, 3.05) is 6.54 Å². The Balaban J connectivity index is 0.00000180. The van der Waals surface area contributed by atoms with Gasteiger partial charge in [-0.1, -0.05) is 29.4 Å². The number of nitrogens with zero attached hydrogens (tertiary/aromatic N) is 1. The molecule has 0 aromatic heterocycles. The minimum atomic E-state index is -0.365. The summed E-state index contributed by atoms with van der Waals surface area (Å²) < 4.78 is 13.1. The molecule has 1 aliphatic rings. The van der Waals surface area contributed by atoms with Gasteiger partial charge >= 0.3 is 0 Å². The van der Waals surface area contributed by atoms with E-state index in [9.17, 15) is 4.39 Å². The Hall–Kier alpha value is -0.146. The number of benzene rings is 1. The average Bonchev–Trinajstić information content (AvgIpc) is 2.33. The van der Waals surface area contributed by atoms with E-state index in [4.69, 9.17) is 23.2 Å². The topological polar surface area (TPSA) is 3.24 Å². The second kappa shape index (κ2) is 7.03. The zero-order valence-electron chi connectivity index (χ0n) is 10.4. The molecule has 1 heterocycles. The number of likely N-dealkylation sites (N-methyl/N-ethyl adjacent to an activating group) is 1. The first-order valence-corrected chi connectivity index (χ1v) is 6.21. The molecule has 0 N–H and O–H groups in total. The van der Waals surface area contributed by atoms with E-state index < -0.39 is 0 Å². The van der Waals surface area contributed by atoms with Gasteiger partial charge in [-0.25, -0.2) is 4.39 Å². The maximum atomic E-state index is 13.1. The fraction of sp³-hybridized carbons (Fsp3) is 0.143. The van der Waals surface area contributed by atoms with Gasteiger partial charge in [0.15, 0.2) is 0 Å². The Labute approximate surface area is 147 Å². The van der Waals surface area contributed by atoms with Crippen LogP contribution in [0.5, 0.6) is 0 Å². The van der Waals surface area contributed by atoms with Gasteiger partial charge < -0.3 is 4.90 Å². The van der Waals surface area contributed by atoms with Crippen LogP contribution >= 0.6 is 23.2 Å². The van der Waals surface area contributed by atoms with Crippen LogP contribution in [0.3, 0.4) is 0 Å². The van der Waals surface area contributed by atoms with E-state index in [1.54, 1.807) is 12.1 Å². The van der Waals surface area contributed by atoms with Crippen molar-refractivity contribution >= 4 is 28.9 Å². The smallest absolute Gasteiger partial charge is 0.122 e. The fourth-order valence-electron chi connectivity index (χ4n) is 1.81. The third-order valence-electron chi connectivity index (χ3n) is 2.71. The summed E-state index contributed by atoms with van der Waals surface area (Å²) in [5, 5.41) is 0.883. The predicted octanol–water partition coefficient (Wildman–Crippen LogP) is 4.59. The summed E-state index contributed by atoms with van der Waals surface area (Å²) >= 11 is 12.1. The maximum absolute atomic E-state index is 13.1. The van der Waals surface area contributed by atoms with E-state index in [0.29, 0.717) is 27.9 Å². The molecular formula is C14H11Cl2FNY-. The van der Waals surface area contributed by atoms with Crippen LogP contribution in [0.4, 0.5) is 4.39 Å². The molecule has 97 valence electrons. The molecule has 1 aromatic rings. The van der Waals surface area contributed by atoms with Gasteiger partial charge in [0.1, 0.15) is 5.82 Å². The molecule has 0 saturated carbocycles. The summed E-state index contributed by atoms with van der Waals surface area (Å²) in [5.41, 5.74) is 2.15. The zero-order valence-corrected chi connectivity index (χ0v) is 14.7.